The molecule has 3 aromatic rings. The van der Waals surface area contributed by atoms with E-state index in [9.17, 15) is 24.0 Å². The average molecular weight is 668 g/mol. The maximum Gasteiger partial charge on any atom is 0.438 e. The predicted octanol–water partition coefficient (Wildman–Crippen LogP) is -1.41. The molecule has 1 aliphatic heterocycles. The average Bonchev–Trinajstić information content (AvgIpc) is 3.51. The highest BCUT2D eigenvalue weighted by Gasteiger charge is 2.35. The molecule has 1 aliphatic rings. The fraction of sp³-hybridized carbons (Fsp3) is 0.419. The Hall–Kier alpha value is -5.26. The second-order valence-corrected chi connectivity index (χ2v) is 11.1. The number of nitrogens with two attached hydrogens (primary N) is 3. The highest BCUT2D eigenvalue weighted by atomic mass is 16.5. The molecule has 4 amide bonds. The summed E-state index contributed by atoms with van der Waals surface area (Å²) < 4.78 is 16.7. The number of aromatic nitrogens is 2. The molecule has 17 nitrogen and oxygen atoms in total. The Balaban J connectivity index is 1.95. The van der Waals surface area contributed by atoms with Crippen LogP contribution in [0.15, 0.2) is 45.7 Å². The molecule has 4 bridgehead atoms. The molecule has 258 valence electrons. The van der Waals surface area contributed by atoms with E-state index in [-0.39, 0.29) is 51.5 Å². The first-order chi connectivity index (χ1) is 23.1. The molecular weight excluding hydrogens is 626 g/mol. The summed E-state index contributed by atoms with van der Waals surface area (Å²) in [5, 5.41) is 11.8. The Morgan fingerprint density at radius 2 is 1.69 bits per heavy atom. The molecule has 0 saturated heterocycles. The first-order valence-electron chi connectivity index (χ1n) is 15.4. The number of hydrogen-bond acceptors (Lipinski definition) is 12. The number of amides is 4. The van der Waals surface area contributed by atoms with Crippen molar-refractivity contribution in [1.82, 2.24) is 31.0 Å². The predicted molar refractivity (Wildman–Crippen MR) is 172 cm³/mol. The van der Waals surface area contributed by atoms with Crippen LogP contribution in [0.25, 0.3) is 11.1 Å². The van der Waals surface area contributed by atoms with Crippen molar-refractivity contribution in [2.24, 2.45) is 17.2 Å². The molecule has 0 fully saturated rings. The van der Waals surface area contributed by atoms with Crippen molar-refractivity contribution < 1.29 is 33.2 Å². The molecule has 1 aromatic heterocycles. The summed E-state index contributed by atoms with van der Waals surface area (Å²) in [4.78, 5) is 68.0. The minimum Gasteiger partial charge on any atom is -0.492 e. The molecule has 0 saturated carbocycles. The number of ether oxygens (including phenoxy) is 2. The summed E-state index contributed by atoms with van der Waals surface area (Å²) in [5.41, 5.74) is 19.3. The zero-order valence-electron chi connectivity index (χ0n) is 26.7. The van der Waals surface area contributed by atoms with Gasteiger partial charge in [-0.25, -0.2) is 4.79 Å². The van der Waals surface area contributed by atoms with Gasteiger partial charge in [-0.1, -0.05) is 17.3 Å². The smallest absolute Gasteiger partial charge is 0.438 e. The van der Waals surface area contributed by atoms with Gasteiger partial charge in [-0.15, -0.1) is 0 Å². The Morgan fingerprint density at radius 3 is 2.29 bits per heavy atom. The van der Waals surface area contributed by atoms with Crippen molar-refractivity contribution in [2.75, 3.05) is 39.9 Å². The van der Waals surface area contributed by atoms with Crippen LogP contribution >= 0.6 is 0 Å². The summed E-state index contributed by atoms with van der Waals surface area (Å²) in [6, 6.07) is 6.06. The van der Waals surface area contributed by atoms with Crippen LogP contribution in [0.3, 0.4) is 0 Å². The van der Waals surface area contributed by atoms with E-state index in [2.05, 4.69) is 26.1 Å². The SMILES string of the molecule is C[C@@H]1NC(=O)[C@@H](N(C)C(=O)[C@H](CCN)NC=O)c2ccc(OCCN)c(c2)-c2cc(ccc2OCCN)C[C@@H](c2noc(=O)[nH]2)NC1=O. The molecular formula is C31H41N9O8. The highest BCUT2D eigenvalue weighted by Crippen LogP contribution is 2.40. The van der Waals surface area contributed by atoms with E-state index in [4.69, 9.17) is 31.2 Å². The molecule has 2 aromatic carbocycles. The fourth-order valence-electron chi connectivity index (χ4n) is 5.38. The summed E-state index contributed by atoms with van der Waals surface area (Å²) in [5.74, 6) is -1.75. The van der Waals surface area contributed by atoms with Gasteiger partial charge >= 0.3 is 5.76 Å². The van der Waals surface area contributed by atoms with Crippen LogP contribution in [0.5, 0.6) is 11.5 Å². The Bertz CT molecular complexity index is 1660. The highest BCUT2D eigenvalue weighted by molar-refractivity contribution is 5.94. The first kappa shape index (κ1) is 35.6. The second kappa shape index (κ2) is 16.5. The van der Waals surface area contributed by atoms with E-state index in [1.165, 1.54) is 18.9 Å². The van der Waals surface area contributed by atoms with Crippen LogP contribution in [0, 0.1) is 0 Å². The van der Waals surface area contributed by atoms with Crippen LogP contribution < -0.4 is 48.4 Å². The van der Waals surface area contributed by atoms with Crippen LogP contribution in [0.2, 0.25) is 0 Å². The lowest BCUT2D eigenvalue weighted by atomic mass is 9.93. The van der Waals surface area contributed by atoms with Gasteiger partial charge in [0.2, 0.25) is 24.1 Å². The van der Waals surface area contributed by atoms with Crippen molar-refractivity contribution in [2.45, 2.75) is 43.9 Å². The Morgan fingerprint density at radius 1 is 1.02 bits per heavy atom. The lowest BCUT2D eigenvalue weighted by Gasteiger charge is -2.32. The third kappa shape index (κ3) is 8.36. The van der Waals surface area contributed by atoms with Crippen LogP contribution in [0.4, 0.5) is 0 Å². The van der Waals surface area contributed by atoms with E-state index >= 15 is 0 Å². The van der Waals surface area contributed by atoms with Gasteiger partial charge in [0, 0.05) is 37.7 Å². The number of hydrogen-bond donors (Lipinski definition) is 7. The number of aromatic amines is 1. The summed E-state index contributed by atoms with van der Waals surface area (Å²) >= 11 is 0. The molecule has 4 rings (SSSR count). The summed E-state index contributed by atoms with van der Waals surface area (Å²) in [6.45, 7) is 2.39. The van der Waals surface area contributed by atoms with Gasteiger partial charge in [-0.3, -0.25) is 28.7 Å². The van der Waals surface area contributed by atoms with E-state index in [1.807, 2.05) is 6.07 Å². The number of benzene rings is 2. The molecule has 0 spiro atoms. The quantitative estimate of drug-likeness (QED) is 0.104. The molecule has 0 aliphatic carbocycles. The second-order valence-electron chi connectivity index (χ2n) is 11.1. The molecule has 0 unspecified atom stereocenters. The standard InChI is InChI=1S/C31H41N9O8/c1-17-28(42)37-23(27-38-31(45)48-39-27)14-18-3-5-24(46-11-9-33)20(13-18)21-15-19(4-6-25(21)47-12-10-34)26(29(43)36-17)40(2)30(44)22(7-8-32)35-16-41/h3-6,13,15-17,22-23,26H,7-12,14,32-34H2,1-2H3,(H,35,41)(H,36,43)(H,37,42)(H,38,39,45)/t17-,22-,23-,26-/m0/s1. The molecule has 10 N–H and O–H groups in total. The van der Waals surface area contributed by atoms with Gasteiger partial charge in [-0.05, 0) is 55.3 Å². The largest absolute Gasteiger partial charge is 0.492 e. The topological polar surface area (TPSA) is 263 Å². The van der Waals surface area contributed by atoms with Crippen LogP contribution in [-0.4, -0.2) is 91.2 Å². The number of carbonyl (C=O) groups is 4. The Kier molecular flexibility index (Phi) is 12.3. The van der Waals surface area contributed by atoms with Crippen molar-refractivity contribution >= 4 is 24.1 Å². The number of nitrogens with zero attached hydrogens (tertiary/aromatic N) is 2. The number of nitrogens with one attached hydrogen (secondary N) is 4. The minimum atomic E-state index is -1.29. The lowest BCUT2D eigenvalue weighted by Crippen LogP contribution is -2.53. The van der Waals surface area contributed by atoms with Gasteiger partial charge in [0.1, 0.15) is 42.8 Å². The number of carbonyl (C=O) groups excluding carboxylic acids is 4. The van der Waals surface area contributed by atoms with Gasteiger partial charge < -0.3 is 47.5 Å². The van der Waals surface area contributed by atoms with E-state index in [1.54, 1.807) is 30.3 Å². The Labute approximate surface area is 275 Å². The van der Waals surface area contributed by atoms with Gasteiger partial charge in [0.15, 0.2) is 5.82 Å². The normalized spacial score (nSPS) is 18.5. The van der Waals surface area contributed by atoms with Gasteiger partial charge in [0.05, 0.1) is 6.04 Å². The zero-order valence-corrected chi connectivity index (χ0v) is 26.7. The maximum atomic E-state index is 14.1. The summed E-state index contributed by atoms with van der Waals surface area (Å²) in [7, 11) is 1.42. The van der Waals surface area contributed by atoms with Crippen molar-refractivity contribution in [3.05, 3.63) is 63.9 Å². The molecule has 0 radical (unpaired) electrons. The van der Waals surface area contributed by atoms with E-state index < -0.39 is 47.6 Å². The summed E-state index contributed by atoms with van der Waals surface area (Å²) in [6.07, 6.45) is 0.665. The number of likely N-dealkylation sites (N-methyl/N-ethyl adjacent to an activating group) is 1. The number of fused-ring (bicyclic) bond motifs is 5. The van der Waals surface area contributed by atoms with Crippen LogP contribution in [-0.2, 0) is 25.6 Å². The zero-order chi connectivity index (χ0) is 34.8. The molecule has 4 atom stereocenters. The van der Waals surface area contributed by atoms with Crippen molar-refractivity contribution in [1.29, 1.82) is 0 Å². The number of rotatable bonds is 13. The van der Waals surface area contributed by atoms with Gasteiger partial charge in [-0.2, -0.15) is 0 Å². The number of H-pyrrole nitrogens is 1. The van der Waals surface area contributed by atoms with Crippen molar-refractivity contribution in [3.8, 4) is 22.6 Å². The van der Waals surface area contributed by atoms with Crippen LogP contribution in [0.1, 0.15) is 42.4 Å². The molecule has 2 heterocycles. The first-order valence-corrected chi connectivity index (χ1v) is 15.4. The third-order valence-corrected chi connectivity index (χ3v) is 7.71. The van der Waals surface area contributed by atoms with Gasteiger partial charge in [0.25, 0.3) is 0 Å². The monoisotopic (exact) mass is 667 g/mol. The third-order valence-electron chi connectivity index (χ3n) is 7.71. The van der Waals surface area contributed by atoms with E-state index in [0.29, 0.717) is 40.2 Å². The maximum absolute atomic E-state index is 14.1. The molecule has 17 heteroatoms. The minimum absolute atomic E-state index is 0.0646. The molecule has 48 heavy (non-hydrogen) atoms. The lowest BCUT2D eigenvalue weighted by molar-refractivity contribution is -0.142. The van der Waals surface area contributed by atoms with Crippen molar-refractivity contribution in [3.63, 3.8) is 0 Å². The van der Waals surface area contributed by atoms with E-state index in [0.717, 1.165) is 0 Å². The fourth-order valence-corrected chi connectivity index (χ4v) is 5.38.